The summed E-state index contributed by atoms with van der Waals surface area (Å²) >= 11 is 2.12. The maximum absolute atomic E-state index is 5.96. The molecule has 0 radical (unpaired) electrons. The summed E-state index contributed by atoms with van der Waals surface area (Å²) in [5.74, 6) is 0.957. The number of nitrogens with two attached hydrogens (primary N) is 2. The van der Waals surface area contributed by atoms with Gasteiger partial charge in [-0.1, -0.05) is 22.6 Å². The van der Waals surface area contributed by atoms with Crippen molar-refractivity contribution < 1.29 is 0 Å². The van der Waals surface area contributed by atoms with Gasteiger partial charge in [0.15, 0.2) is 0 Å². The predicted molar refractivity (Wildman–Crippen MR) is 71.2 cm³/mol. The summed E-state index contributed by atoms with van der Waals surface area (Å²) in [6.45, 7) is 6.17. The fourth-order valence-electron chi connectivity index (χ4n) is 1.23. The molecule has 0 saturated heterocycles. The van der Waals surface area contributed by atoms with Gasteiger partial charge in [0.1, 0.15) is 17.3 Å². The van der Waals surface area contributed by atoms with Gasteiger partial charge in [-0.2, -0.15) is 0 Å². The molecule has 0 fully saturated rings. The molecule has 1 heterocycles. The molecule has 0 aliphatic heterocycles. The van der Waals surface area contributed by atoms with Crippen LogP contribution in [0.5, 0.6) is 0 Å². The van der Waals surface area contributed by atoms with E-state index in [2.05, 4.69) is 53.3 Å². The van der Waals surface area contributed by atoms with E-state index < -0.39 is 0 Å². The van der Waals surface area contributed by atoms with Gasteiger partial charge in [-0.05, 0) is 20.8 Å². The van der Waals surface area contributed by atoms with Crippen LogP contribution in [0.15, 0.2) is 11.3 Å². The first-order valence-electron chi connectivity index (χ1n) is 4.57. The zero-order valence-corrected chi connectivity index (χ0v) is 11.3. The quantitative estimate of drug-likeness (QED) is 0.283. The molecular weight excluding hydrogens is 305 g/mol. The van der Waals surface area contributed by atoms with Crippen molar-refractivity contribution >= 4 is 34.2 Å². The second kappa shape index (κ2) is 4.38. The Bertz CT molecular complexity index is 374. The number of hydrogen-bond acceptors (Lipinski definition) is 3. The smallest absolute Gasteiger partial charge is 0.149 e. The maximum Gasteiger partial charge on any atom is 0.149 e. The molecule has 0 aliphatic carbocycles. The molecule has 0 spiro atoms. The fourth-order valence-corrected chi connectivity index (χ4v) is 1.60. The van der Waals surface area contributed by atoms with Crippen molar-refractivity contribution in [1.82, 2.24) is 9.55 Å². The van der Waals surface area contributed by atoms with Crippen molar-refractivity contribution in [3.63, 3.8) is 0 Å². The molecule has 0 saturated carbocycles. The molecule has 5 nitrogen and oxygen atoms in total. The van der Waals surface area contributed by atoms with E-state index in [1.165, 1.54) is 0 Å². The Balaban J connectivity index is 3.16. The van der Waals surface area contributed by atoms with Crippen molar-refractivity contribution in [3.8, 4) is 0 Å². The molecule has 0 unspecified atom stereocenters. The Hall–Kier alpha value is -0.790. The van der Waals surface area contributed by atoms with Crippen LogP contribution < -0.4 is 11.5 Å². The number of hydrogen-bond donors (Lipinski definition) is 2. The molecule has 84 valence electrons. The van der Waals surface area contributed by atoms with Gasteiger partial charge in [0.25, 0.3) is 0 Å². The van der Waals surface area contributed by atoms with E-state index in [9.17, 15) is 0 Å². The second-order valence-electron chi connectivity index (χ2n) is 4.18. The van der Waals surface area contributed by atoms with Gasteiger partial charge >= 0.3 is 0 Å². The molecule has 0 bridgehead atoms. The third kappa shape index (κ3) is 2.61. The Morgan fingerprint density at radius 3 is 2.60 bits per heavy atom. The molecule has 15 heavy (non-hydrogen) atoms. The van der Waals surface area contributed by atoms with Crippen LogP contribution in [-0.4, -0.2) is 19.9 Å². The van der Waals surface area contributed by atoms with E-state index in [1.807, 2.05) is 4.57 Å². The highest BCUT2D eigenvalue weighted by Gasteiger charge is 2.19. The third-order valence-corrected chi connectivity index (χ3v) is 2.34. The van der Waals surface area contributed by atoms with E-state index in [1.54, 1.807) is 6.33 Å². The van der Waals surface area contributed by atoms with Crippen LogP contribution in [0.1, 0.15) is 26.5 Å². The van der Waals surface area contributed by atoms with Crippen LogP contribution in [0.4, 0.5) is 5.82 Å². The Morgan fingerprint density at radius 1 is 1.60 bits per heavy atom. The maximum atomic E-state index is 5.96. The van der Waals surface area contributed by atoms with Gasteiger partial charge in [-0.3, -0.25) is 4.99 Å². The van der Waals surface area contributed by atoms with E-state index in [0.717, 1.165) is 0 Å². The molecule has 1 aromatic rings. The summed E-state index contributed by atoms with van der Waals surface area (Å²) in [5, 5.41) is 0. The molecule has 0 amide bonds. The van der Waals surface area contributed by atoms with Gasteiger partial charge in [0, 0.05) is 5.54 Å². The summed E-state index contributed by atoms with van der Waals surface area (Å²) in [5.41, 5.74) is 12.2. The highest BCUT2D eigenvalue weighted by Crippen LogP contribution is 2.20. The summed E-state index contributed by atoms with van der Waals surface area (Å²) in [6.07, 6.45) is 1.69. The molecule has 0 aliphatic rings. The molecule has 0 aromatic carbocycles. The standard InChI is InChI=1S/C9H16IN5/c1-9(2,3)15-5-14-6(8(15)12)7(11)13-4-10/h5H,4,12H2,1-3H3,(H2,11,13). The predicted octanol–water partition coefficient (Wildman–Crippen LogP) is 1.32. The number of halogens is 1. The zero-order valence-electron chi connectivity index (χ0n) is 9.16. The van der Waals surface area contributed by atoms with Crippen LogP contribution in [0, 0.1) is 0 Å². The van der Waals surface area contributed by atoms with Crippen LogP contribution in [0.3, 0.4) is 0 Å². The van der Waals surface area contributed by atoms with Crippen molar-refractivity contribution in [2.45, 2.75) is 26.3 Å². The lowest BCUT2D eigenvalue weighted by Gasteiger charge is -2.22. The monoisotopic (exact) mass is 321 g/mol. The summed E-state index contributed by atoms with van der Waals surface area (Å²) in [4.78, 5) is 8.26. The lowest BCUT2D eigenvalue weighted by atomic mass is 10.1. The first kappa shape index (κ1) is 12.3. The summed E-state index contributed by atoms with van der Waals surface area (Å²) in [6, 6.07) is 0. The van der Waals surface area contributed by atoms with Gasteiger partial charge in [0.2, 0.25) is 0 Å². The highest BCUT2D eigenvalue weighted by molar-refractivity contribution is 14.1. The average Bonchev–Trinajstić information content (AvgIpc) is 2.46. The number of anilines is 1. The average molecular weight is 321 g/mol. The van der Waals surface area contributed by atoms with Crippen molar-refractivity contribution in [3.05, 3.63) is 12.0 Å². The topological polar surface area (TPSA) is 82.2 Å². The van der Waals surface area contributed by atoms with E-state index in [4.69, 9.17) is 11.5 Å². The molecule has 6 heteroatoms. The minimum Gasteiger partial charge on any atom is -0.383 e. The summed E-state index contributed by atoms with van der Waals surface area (Å²) in [7, 11) is 0. The highest BCUT2D eigenvalue weighted by atomic mass is 127. The number of amidine groups is 1. The molecule has 0 atom stereocenters. The van der Waals surface area contributed by atoms with Crippen LogP contribution in [0.2, 0.25) is 0 Å². The molecule has 1 aromatic heterocycles. The van der Waals surface area contributed by atoms with Crippen molar-refractivity contribution in [1.29, 1.82) is 0 Å². The number of rotatable bonds is 2. The van der Waals surface area contributed by atoms with Crippen LogP contribution in [-0.2, 0) is 5.54 Å². The van der Waals surface area contributed by atoms with Gasteiger partial charge < -0.3 is 16.0 Å². The van der Waals surface area contributed by atoms with E-state index in [-0.39, 0.29) is 5.54 Å². The number of aliphatic imine (C=N–C) groups is 1. The SMILES string of the molecule is CC(C)(C)n1cnc(C(N)=NCI)c1N. The number of nitrogen functional groups attached to an aromatic ring is 1. The van der Waals surface area contributed by atoms with Crippen molar-refractivity contribution in [2.75, 3.05) is 10.3 Å². The lowest BCUT2D eigenvalue weighted by molar-refractivity contribution is 0.402. The Morgan fingerprint density at radius 2 is 2.20 bits per heavy atom. The first-order valence-corrected chi connectivity index (χ1v) is 6.10. The van der Waals surface area contributed by atoms with Crippen LogP contribution in [0.25, 0.3) is 0 Å². The van der Waals surface area contributed by atoms with Crippen molar-refractivity contribution in [2.24, 2.45) is 10.7 Å². The van der Waals surface area contributed by atoms with E-state index >= 15 is 0 Å². The lowest BCUT2D eigenvalue weighted by Crippen LogP contribution is -2.24. The Labute approximate surface area is 103 Å². The van der Waals surface area contributed by atoms with Crippen LogP contribution >= 0.6 is 22.6 Å². The largest absolute Gasteiger partial charge is 0.383 e. The molecule has 4 N–H and O–H groups in total. The fraction of sp³-hybridized carbons (Fsp3) is 0.556. The number of aromatic nitrogens is 2. The minimum atomic E-state index is -0.0973. The normalized spacial score (nSPS) is 13.2. The number of nitrogens with zero attached hydrogens (tertiary/aromatic N) is 3. The molecule has 1 rings (SSSR count). The molecular formula is C9H16IN5. The Kier molecular flexibility index (Phi) is 3.58. The van der Waals surface area contributed by atoms with E-state index in [0.29, 0.717) is 21.9 Å². The summed E-state index contributed by atoms with van der Waals surface area (Å²) < 4.78 is 2.49. The second-order valence-corrected chi connectivity index (χ2v) is 4.86. The zero-order chi connectivity index (χ0) is 11.6. The number of alkyl halides is 1. The number of imidazole rings is 1. The minimum absolute atomic E-state index is 0.0973. The third-order valence-electron chi connectivity index (χ3n) is 2.00. The van der Waals surface area contributed by atoms with Gasteiger partial charge in [0.05, 0.1) is 10.9 Å². The van der Waals surface area contributed by atoms with Gasteiger partial charge in [-0.15, -0.1) is 0 Å². The van der Waals surface area contributed by atoms with Gasteiger partial charge in [-0.25, -0.2) is 4.98 Å². The first-order chi connectivity index (χ1) is 6.88.